The van der Waals surface area contributed by atoms with Gasteiger partial charge < -0.3 is 15.2 Å². The van der Waals surface area contributed by atoms with E-state index >= 15 is 0 Å². The molecule has 33 heavy (non-hydrogen) atoms. The molecular weight excluding hydrogens is 432 g/mol. The summed E-state index contributed by atoms with van der Waals surface area (Å²) in [5.74, 6) is 0.271. The summed E-state index contributed by atoms with van der Waals surface area (Å²) in [6.07, 6.45) is 2.09. The number of aromatic amines is 2. The molecule has 1 aliphatic heterocycles. The number of anilines is 2. The number of fused-ring (bicyclic) bond motifs is 1. The number of carbonyl (C=O) groups excluding carboxylic acids is 1. The number of allylic oxidation sites excluding steroid dienone is 2. The Labute approximate surface area is 197 Å². The van der Waals surface area contributed by atoms with Gasteiger partial charge in [-0.2, -0.15) is 0 Å². The molecule has 6 nitrogen and oxygen atoms in total. The molecule has 5 rings (SSSR count). The van der Waals surface area contributed by atoms with Gasteiger partial charge in [-0.05, 0) is 55.2 Å². The predicted molar refractivity (Wildman–Crippen MR) is 133 cm³/mol. The zero-order chi connectivity index (χ0) is 22.9. The summed E-state index contributed by atoms with van der Waals surface area (Å²) >= 11 is 5.18. The second kappa shape index (κ2) is 8.83. The fraction of sp³-hybridized carbons (Fsp3) is 0.269. The largest absolute Gasteiger partial charge is 0.367 e. The Hall–Kier alpha value is -3.45. The molecular formula is C26H26N4O2S. The van der Waals surface area contributed by atoms with Crippen molar-refractivity contribution in [2.45, 2.75) is 38.6 Å². The van der Waals surface area contributed by atoms with E-state index in [2.05, 4.69) is 63.5 Å². The van der Waals surface area contributed by atoms with Gasteiger partial charge in [-0.3, -0.25) is 14.6 Å². The third-order valence-electron chi connectivity index (χ3n) is 6.48. The van der Waals surface area contributed by atoms with Crippen LogP contribution in [0.5, 0.6) is 0 Å². The number of H-pyrrole nitrogens is 2. The molecule has 0 bridgehead atoms. The third-order valence-corrected chi connectivity index (χ3v) is 6.68. The highest BCUT2D eigenvalue weighted by Gasteiger charge is 2.37. The number of nitrogens with zero attached hydrogens (tertiary/aromatic N) is 1. The van der Waals surface area contributed by atoms with Gasteiger partial charge in [0, 0.05) is 42.4 Å². The molecule has 0 radical (unpaired) electrons. The van der Waals surface area contributed by atoms with Crippen LogP contribution < -0.4 is 15.8 Å². The minimum Gasteiger partial charge on any atom is -0.367 e. The van der Waals surface area contributed by atoms with Crippen LogP contribution >= 0.6 is 12.2 Å². The number of hydrogen-bond acceptors (Lipinski definition) is 5. The van der Waals surface area contributed by atoms with Crippen LogP contribution in [-0.2, 0) is 11.3 Å². The van der Waals surface area contributed by atoms with Crippen molar-refractivity contribution >= 4 is 29.5 Å². The first kappa shape index (κ1) is 21.4. The lowest BCUT2D eigenvalue weighted by Crippen LogP contribution is -2.32. The van der Waals surface area contributed by atoms with Crippen LogP contribution in [0.3, 0.4) is 0 Å². The van der Waals surface area contributed by atoms with Gasteiger partial charge in [0.25, 0.3) is 5.56 Å². The van der Waals surface area contributed by atoms with Crippen LogP contribution in [-0.4, -0.2) is 22.3 Å². The van der Waals surface area contributed by atoms with Crippen molar-refractivity contribution in [2.24, 2.45) is 0 Å². The lowest BCUT2D eigenvalue weighted by Gasteiger charge is -2.33. The summed E-state index contributed by atoms with van der Waals surface area (Å²) < 4.78 is 0.269. The lowest BCUT2D eigenvalue weighted by atomic mass is 9.76. The summed E-state index contributed by atoms with van der Waals surface area (Å²) in [6.45, 7) is 3.82. The van der Waals surface area contributed by atoms with Gasteiger partial charge in [0.1, 0.15) is 5.82 Å². The normalized spacial score (nSPS) is 17.2. The minimum atomic E-state index is -0.419. The van der Waals surface area contributed by atoms with E-state index in [0.717, 1.165) is 42.9 Å². The maximum Gasteiger partial charge on any atom is 0.257 e. The second-order valence-corrected chi connectivity index (χ2v) is 8.92. The van der Waals surface area contributed by atoms with Gasteiger partial charge in [0.05, 0.1) is 5.56 Å². The lowest BCUT2D eigenvalue weighted by molar-refractivity contribution is -0.116. The van der Waals surface area contributed by atoms with Crippen molar-refractivity contribution in [1.82, 2.24) is 9.97 Å². The van der Waals surface area contributed by atoms with E-state index in [1.807, 2.05) is 18.2 Å². The van der Waals surface area contributed by atoms with E-state index in [1.54, 1.807) is 0 Å². The van der Waals surface area contributed by atoms with E-state index in [9.17, 15) is 9.59 Å². The molecule has 3 N–H and O–H groups in total. The smallest absolute Gasteiger partial charge is 0.257 e. The number of Topliss-reactive ketones (excluding diaryl/α,β-unsaturated/α-hetero) is 1. The summed E-state index contributed by atoms with van der Waals surface area (Å²) in [5, 5.41) is 3.29. The van der Waals surface area contributed by atoms with Crippen molar-refractivity contribution in [3.63, 3.8) is 0 Å². The Balaban J connectivity index is 1.55. The molecule has 2 heterocycles. The number of nitrogens with one attached hydrogen (secondary N) is 3. The van der Waals surface area contributed by atoms with Crippen molar-refractivity contribution < 1.29 is 4.79 Å². The summed E-state index contributed by atoms with van der Waals surface area (Å²) in [7, 11) is 0. The van der Waals surface area contributed by atoms with Crippen LogP contribution in [0.25, 0.3) is 0 Å². The molecule has 2 aromatic carbocycles. The van der Waals surface area contributed by atoms with E-state index in [-0.39, 0.29) is 16.1 Å². The Morgan fingerprint density at radius 3 is 2.48 bits per heavy atom. The minimum absolute atomic E-state index is 0.101. The molecule has 1 aliphatic carbocycles. The first-order chi connectivity index (χ1) is 16.0. The monoisotopic (exact) mass is 458 g/mol. The van der Waals surface area contributed by atoms with Crippen molar-refractivity contribution in [3.05, 3.63) is 97.7 Å². The van der Waals surface area contributed by atoms with Crippen molar-refractivity contribution in [1.29, 1.82) is 0 Å². The number of benzene rings is 2. The molecule has 168 valence electrons. The van der Waals surface area contributed by atoms with Gasteiger partial charge in [-0.1, -0.05) is 42.5 Å². The number of rotatable bonds is 5. The molecule has 0 saturated heterocycles. The van der Waals surface area contributed by atoms with Crippen LogP contribution in [0.4, 0.5) is 11.5 Å². The highest BCUT2D eigenvalue weighted by Crippen LogP contribution is 2.43. The van der Waals surface area contributed by atoms with Gasteiger partial charge in [-0.25, -0.2) is 0 Å². The average Bonchev–Trinajstić information content (AvgIpc) is 2.82. The number of aromatic nitrogens is 2. The van der Waals surface area contributed by atoms with E-state index in [4.69, 9.17) is 12.2 Å². The highest BCUT2D eigenvalue weighted by atomic mass is 32.1. The molecule has 3 aromatic rings. The van der Waals surface area contributed by atoms with Gasteiger partial charge in [0.2, 0.25) is 0 Å². The summed E-state index contributed by atoms with van der Waals surface area (Å²) in [5.41, 5.74) is 5.12. The molecule has 1 atom stereocenters. The molecule has 0 fully saturated rings. The summed E-state index contributed by atoms with van der Waals surface area (Å²) in [4.78, 5) is 34.0. The first-order valence-electron chi connectivity index (χ1n) is 11.3. The fourth-order valence-corrected chi connectivity index (χ4v) is 5.09. The number of ketones is 1. The van der Waals surface area contributed by atoms with Gasteiger partial charge in [-0.15, -0.1) is 0 Å². The molecule has 2 aliphatic rings. The zero-order valence-electron chi connectivity index (χ0n) is 18.5. The molecule has 0 spiro atoms. The van der Waals surface area contributed by atoms with Crippen LogP contribution in [0.2, 0.25) is 0 Å². The Morgan fingerprint density at radius 1 is 1.00 bits per heavy atom. The number of carbonyl (C=O) groups is 1. The van der Waals surface area contributed by atoms with E-state index in [0.29, 0.717) is 23.4 Å². The average molecular weight is 459 g/mol. The highest BCUT2D eigenvalue weighted by molar-refractivity contribution is 7.71. The molecule has 7 heteroatoms. The topological polar surface area (TPSA) is 81.0 Å². The fourth-order valence-electron chi connectivity index (χ4n) is 4.89. The van der Waals surface area contributed by atoms with Crippen LogP contribution in [0.1, 0.15) is 48.8 Å². The number of hydrogen-bond donors (Lipinski definition) is 3. The predicted octanol–water partition coefficient (Wildman–Crippen LogP) is 5.02. The van der Waals surface area contributed by atoms with Crippen molar-refractivity contribution in [3.8, 4) is 0 Å². The van der Waals surface area contributed by atoms with Crippen LogP contribution in [0, 0.1) is 4.77 Å². The van der Waals surface area contributed by atoms with Gasteiger partial charge >= 0.3 is 0 Å². The van der Waals surface area contributed by atoms with Crippen molar-refractivity contribution in [2.75, 3.05) is 16.8 Å². The Morgan fingerprint density at radius 2 is 1.76 bits per heavy atom. The second-order valence-electron chi connectivity index (χ2n) is 8.52. The maximum absolute atomic E-state index is 13.0. The van der Waals surface area contributed by atoms with Gasteiger partial charge in [0.15, 0.2) is 10.6 Å². The standard InChI is InChI=1S/C26H26N4O2S/c1-2-30(15-16-7-4-3-5-8-16)18-13-11-17(12-14-18)21-22-19(9-6-10-20(22)31)27-24-23(21)25(32)29-26(33)28-24/h3-5,7-8,11-14,21H,2,6,9-10,15H2,1H3,(H3,27,28,29,32,33)/t21-/m1/s1. The first-order valence-corrected chi connectivity index (χ1v) is 11.7. The SMILES string of the molecule is CCN(Cc1ccccc1)c1ccc([C@@H]2C3=C(CCCC3=O)Nc3[nH]c(=S)[nH]c(=O)c32)cc1. The Bertz CT molecular complexity index is 1340. The summed E-state index contributed by atoms with van der Waals surface area (Å²) in [6, 6.07) is 18.6. The quantitative estimate of drug-likeness (QED) is 0.468. The molecule has 0 unspecified atom stereocenters. The van der Waals surface area contributed by atoms with Crippen LogP contribution in [0.15, 0.2) is 70.7 Å². The van der Waals surface area contributed by atoms with E-state index < -0.39 is 5.92 Å². The third kappa shape index (κ3) is 4.04. The molecule has 1 aromatic heterocycles. The Kier molecular flexibility index (Phi) is 5.72. The molecule has 0 saturated carbocycles. The molecule has 0 amide bonds. The maximum atomic E-state index is 13.0. The van der Waals surface area contributed by atoms with E-state index in [1.165, 1.54) is 5.56 Å². The zero-order valence-corrected chi connectivity index (χ0v) is 19.3.